The van der Waals surface area contributed by atoms with Crippen molar-refractivity contribution in [2.45, 2.75) is 43.4 Å². The van der Waals surface area contributed by atoms with Crippen molar-refractivity contribution in [1.29, 1.82) is 0 Å². The minimum Gasteiger partial charge on any atom is -0.339 e. The summed E-state index contributed by atoms with van der Waals surface area (Å²) in [6.45, 7) is 1.63. The molecule has 0 N–H and O–H groups in total. The fraction of sp³-hybridized carbons (Fsp3) is 0.562. The van der Waals surface area contributed by atoms with Crippen LogP contribution >= 0.6 is 0 Å². The zero-order valence-electron chi connectivity index (χ0n) is 12.2. The van der Waals surface area contributed by atoms with Crippen LogP contribution in [0.5, 0.6) is 0 Å². The lowest BCUT2D eigenvalue weighted by atomic mass is 10.1. The van der Waals surface area contributed by atoms with Gasteiger partial charge in [0.25, 0.3) is 5.91 Å². The molecule has 2 aliphatic heterocycles. The molecule has 5 heteroatoms. The van der Waals surface area contributed by atoms with E-state index in [0.29, 0.717) is 16.9 Å². The Labute approximate surface area is 126 Å². The van der Waals surface area contributed by atoms with Gasteiger partial charge in [-0.2, -0.15) is 0 Å². The molecule has 0 unspecified atom stereocenters. The SMILES string of the molecule is O=C(c1ccc2c(c1)CCCS2(=O)=O)N1CCCCCC1. The molecule has 0 radical (unpaired) electrons. The van der Waals surface area contributed by atoms with Crippen molar-refractivity contribution in [3.05, 3.63) is 29.3 Å². The Kier molecular flexibility index (Phi) is 4.02. The number of aryl methyl sites for hydroxylation is 1. The molecule has 114 valence electrons. The molecule has 1 fully saturated rings. The van der Waals surface area contributed by atoms with Crippen molar-refractivity contribution < 1.29 is 13.2 Å². The normalized spacial score (nSPS) is 21.4. The van der Waals surface area contributed by atoms with E-state index < -0.39 is 9.84 Å². The number of likely N-dealkylation sites (tertiary alicyclic amines) is 1. The van der Waals surface area contributed by atoms with Gasteiger partial charge >= 0.3 is 0 Å². The molecule has 0 aliphatic carbocycles. The number of hydrogen-bond donors (Lipinski definition) is 0. The van der Waals surface area contributed by atoms with Crippen LogP contribution in [0.2, 0.25) is 0 Å². The fourth-order valence-corrected chi connectivity index (χ4v) is 4.81. The molecule has 1 amide bonds. The van der Waals surface area contributed by atoms with Crippen molar-refractivity contribution in [3.8, 4) is 0 Å². The van der Waals surface area contributed by atoms with Crippen molar-refractivity contribution in [2.24, 2.45) is 0 Å². The highest BCUT2D eigenvalue weighted by atomic mass is 32.2. The predicted octanol–water partition coefficient (Wildman–Crippen LogP) is 2.42. The molecule has 0 saturated carbocycles. The number of fused-ring (bicyclic) bond motifs is 1. The first-order valence-corrected chi connectivity index (χ1v) is 9.38. The van der Waals surface area contributed by atoms with Gasteiger partial charge in [0.2, 0.25) is 0 Å². The Morgan fingerprint density at radius 1 is 1.00 bits per heavy atom. The van der Waals surface area contributed by atoms with Gasteiger partial charge in [0.1, 0.15) is 0 Å². The van der Waals surface area contributed by atoms with Gasteiger partial charge in [0.15, 0.2) is 9.84 Å². The third kappa shape index (κ3) is 2.98. The molecule has 0 aromatic heterocycles. The summed E-state index contributed by atoms with van der Waals surface area (Å²) in [5.41, 5.74) is 1.44. The Hall–Kier alpha value is -1.36. The lowest BCUT2D eigenvalue weighted by Crippen LogP contribution is -2.32. The van der Waals surface area contributed by atoms with Crippen LogP contribution in [0.4, 0.5) is 0 Å². The van der Waals surface area contributed by atoms with Crippen LogP contribution in [0.25, 0.3) is 0 Å². The molecule has 0 spiro atoms. The van der Waals surface area contributed by atoms with Gasteiger partial charge in [-0.1, -0.05) is 12.8 Å². The molecule has 1 aromatic carbocycles. The lowest BCUT2D eigenvalue weighted by molar-refractivity contribution is 0.0761. The molecular weight excluding hydrogens is 286 g/mol. The number of nitrogens with zero attached hydrogens (tertiary/aromatic N) is 1. The van der Waals surface area contributed by atoms with E-state index in [0.717, 1.165) is 37.9 Å². The molecule has 0 atom stereocenters. The zero-order chi connectivity index (χ0) is 14.9. The van der Waals surface area contributed by atoms with Gasteiger partial charge in [-0.05, 0) is 49.4 Å². The van der Waals surface area contributed by atoms with Crippen LogP contribution in [0.1, 0.15) is 48.0 Å². The summed E-state index contributed by atoms with van der Waals surface area (Å²) in [4.78, 5) is 14.9. The van der Waals surface area contributed by atoms with Crippen LogP contribution < -0.4 is 0 Å². The molecular formula is C16H21NO3S. The quantitative estimate of drug-likeness (QED) is 0.800. The summed E-state index contributed by atoms with van der Waals surface area (Å²) >= 11 is 0. The Bertz CT molecular complexity index is 643. The molecule has 21 heavy (non-hydrogen) atoms. The number of amides is 1. The minimum absolute atomic E-state index is 0.0441. The van der Waals surface area contributed by atoms with E-state index in [-0.39, 0.29) is 11.7 Å². The average molecular weight is 307 g/mol. The Balaban J connectivity index is 1.88. The third-order valence-electron chi connectivity index (χ3n) is 4.39. The van der Waals surface area contributed by atoms with Crippen molar-refractivity contribution in [1.82, 2.24) is 4.90 Å². The first kappa shape index (κ1) is 14.6. The zero-order valence-corrected chi connectivity index (χ0v) is 13.0. The lowest BCUT2D eigenvalue weighted by Gasteiger charge is -2.22. The first-order chi connectivity index (χ1) is 10.1. The monoisotopic (exact) mass is 307 g/mol. The van der Waals surface area contributed by atoms with Crippen molar-refractivity contribution in [2.75, 3.05) is 18.8 Å². The van der Waals surface area contributed by atoms with Crippen LogP contribution in [-0.2, 0) is 16.3 Å². The van der Waals surface area contributed by atoms with Crippen molar-refractivity contribution >= 4 is 15.7 Å². The van der Waals surface area contributed by atoms with Crippen LogP contribution in [0.3, 0.4) is 0 Å². The number of carbonyl (C=O) groups is 1. The van der Waals surface area contributed by atoms with E-state index in [1.807, 2.05) is 4.90 Å². The summed E-state index contributed by atoms with van der Waals surface area (Å²) in [5.74, 6) is 0.266. The second-order valence-electron chi connectivity index (χ2n) is 5.95. The number of rotatable bonds is 1. The Morgan fingerprint density at radius 3 is 2.43 bits per heavy atom. The number of carbonyl (C=O) groups excluding carboxylic acids is 1. The minimum atomic E-state index is -3.14. The van der Waals surface area contributed by atoms with E-state index in [9.17, 15) is 13.2 Å². The predicted molar refractivity (Wildman–Crippen MR) is 81.2 cm³/mol. The maximum absolute atomic E-state index is 12.6. The van der Waals surface area contributed by atoms with E-state index in [1.165, 1.54) is 12.8 Å². The number of sulfone groups is 1. The van der Waals surface area contributed by atoms with E-state index >= 15 is 0 Å². The molecule has 2 aliphatic rings. The summed E-state index contributed by atoms with van der Waals surface area (Å²) in [7, 11) is -3.14. The average Bonchev–Trinajstić information content (AvgIpc) is 2.75. The second kappa shape index (κ2) is 5.79. The largest absolute Gasteiger partial charge is 0.339 e. The highest BCUT2D eigenvalue weighted by Gasteiger charge is 2.25. The van der Waals surface area contributed by atoms with Crippen LogP contribution in [0.15, 0.2) is 23.1 Å². The highest BCUT2D eigenvalue weighted by Crippen LogP contribution is 2.26. The van der Waals surface area contributed by atoms with E-state index in [4.69, 9.17) is 0 Å². The molecule has 1 saturated heterocycles. The van der Waals surface area contributed by atoms with Gasteiger partial charge in [-0.25, -0.2) is 8.42 Å². The summed E-state index contributed by atoms with van der Waals surface area (Å²) in [6.07, 6.45) is 5.89. The van der Waals surface area contributed by atoms with Gasteiger partial charge in [-0.3, -0.25) is 4.79 Å². The number of hydrogen-bond acceptors (Lipinski definition) is 3. The maximum Gasteiger partial charge on any atom is 0.253 e. The standard InChI is InChI=1S/C16H21NO3S/c18-16(17-9-3-1-2-4-10-17)14-7-8-15-13(12-14)6-5-11-21(15,19)20/h7-8,12H,1-6,9-11H2. The summed E-state index contributed by atoms with van der Waals surface area (Å²) < 4.78 is 24.0. The molecule has 0 bridgehead atoms. The smallest absolute Gasteiger partial charge is 0.253 e. The van der Waals surface area contributed by atoms with E-state index in [2.05, 4.69) is 0 Å². The van der Waals surface area contributed by atoms with Crippen LogP contribution in [-0.4, -0.2) is 38.1 Å². The Morgan fingerprint density at radius 2 is 1.71 bits per heavy atom. The molecule has 2 heterocycles. The van der Waals surface area contributed by atoms with Gasteiger partial charge in [0, 0.05) is 18.7 Å². The van der Waals surface area contributed by atoms with Gasteiger partial charge in [0.05, 0.1) is 10.6 Å². The maximum atomic E-state index is 12.6. The van der Waals surface area contributed by atoms with Crippen molar-refractivity contribution in [3.63, 3.8) is 0 Å². The van der Waals surface area contributed by atoms with Crippen LogP contribution in [0, 0.1) is 0 Å². The molecule has 3 rings (SSSR count). The van der Waals surface area contributed by atoms with E-state index in [1.54, 1.807) is 18.2 Å². The topological polar surface area (TPSA) is 54.5 Å². The van der Waals surface area contributed by atoms with Gasteiger partial charge < -0.3 is 4.90 Å². The number of benzene rings is 1. The fourth-order valence-electron chi connectivity index (χ4n) is 3.23. The summed E-state index contributed by atoms with van der Waals surface area (Å²) in [5, 5.41) is 0. The first-order valence-electron chi connectivity index (χ1n) is 7.73. The third-order valence-corrected chi connectivity index (χ3v) is 6.29. The van der Waals surface area contributed by atoms with Gasteiger partial charge in [-0.15, -0.1) is 0 Å². The molecule has 1 aromatic rings. The summed E-state index contributed by atoms with van der Waals surface area (Å²) in [6, 6.07) is 5.09. The molecule has 4 nitrogen and oxygen atoms in total. The second-order valence-corrected chi connectivity index (χ2v) is 8.03. The highest BCUT2D eigenvalue weighted by molar-refractivity contribution is 7.91.